The molecule has 4 nitrogen and oxygen atoms in total. The summed E-state index contributed by atoms with van der Waals surface area (Å²) in [5.41, 5.74) is 0. The van der Waals surface area contributed by atoms with Gasteiger partial charge in [-0.1, -0.05) is 0 Å². The molecule has 0 heterocycles. The van der Waals surface area contributed by atoms with E-state index in [2.05, 4.69) is 6.07 Å². The van der Waals surface area contributed by atoms with Crippen LogP contribution in [0.15, 0.2) is 0 Å². The van der Waals surface area contributed by atoms with Crippen LogP contribution in [-0.4, -0.2) is 36.6 Å². The van der Waals surface area contributed by atoms with E-state index in [1.807, 2.05) is 0 Å². The molecular formula is C10H16N2O2. The van der Waals surface area contributed by atoms with Gasteiger partial charge in [0, 0.05) is 19.7 Å². The van der Waals surface area contributed by atoms with Crippen molar-refractivity contribution in [3.05, 3.63) is 0 Å². The second-order valence-corrected chi connectivity index (χ2v) is 3.55. The first kappa shape index (κ1) is 11.0. The van der Waals surface area contributed by atoms with Crippen LogP contribution in [-0.2, 0) is 9.53 Å². The van der Waals surface area contributed by atoms with Crippen molar-refractivity contribution in [3.8, 4) is 6.07 Å². The number of carbonyl (C=O) groups is 1. The second kappa shape index (κ2) is 4.97. The van der Waals surface area contributed by atoms with E-state index < -0.39 is 6.10 Å². The zero-order valence-corrected chi connectivity index (χ0v) is 8.69. The lowest BCUT2D eigenvalue weighted by Crippen LogP contribution is -2.40. The number of hydrogen-bond acceptors (Lipinski definition) is 3. The molecule has 1 fully saturated rings. The van der Waals surface area contributed by atoms with E-state index in [1.165, 1.54) is 7.11 Å². The molecule has 4 heteroatoms. The van der Waals surface area contributed by atoms with Gasteiger partial charge in [-0.05, 0) is 19.8 Å². The van der Waals surface area contributed by atoms with Crippen LogP contribution in [0.25, 0.3) is 0 Å². The maximum Gasteiger partial charge on any atom is 0.251 e. The normalized spacial score (nSPS) is 17.2. The van der Waals surface area contributed by atoms with E-state index in [4.69, 9.17) is 10.00 Å². The van der Waals surface area contributed by atoms with E-state index in [0.29, 0.717) is 19.0 Å². The molecule has 1 aliphatic carbocycles. The molecule has 0 bridgehead atoms. The highest BCUT2D eigenvalue weighted by atomic mass is 16.5. The predicted octanol–water partition coefficient (Wildman–Crippen LogP) is 0.926. The van der Waals surface area contributed by atoms with E-state index in [9.17, 15) is 4.79 Å². The van der Waals surface area contributed by atoms with Gasteiger partial charge in [0.25, 0.3) is 5.91 Å². The van der Waals surface area contributed by atoms with Crippen molar-refractivity contribution >= 4 is 5.91 Å². The fourth-order valence-electron chi connectivity index (χ4n) is 1.36. The number of ether oxygens (including phenoxy) is 1. The van der Waals surface area contributed by atoms with E-state index in [-0.39, 0.29) is 5.91 Å². The zero-order chi connectivity index (χ0) is 10.6. The number of rotatable bonds is 5. The fourth-order valence-corrected chi connectivity index (χ4v) is 1.36. The van der Waals surface area contributed by atoms with Crippen molar-refractivity contribution in [2.24, 2.45) is 0 Å². The minimum Gasteiger partial charge on any atom is -0.372 e. The van der Waals surface area contributed by atoms with Crippen molar-refractivity contribution in [1.29, 1.82) is 5.26 Å². The standard InChI is InChI=1S/C10H16N2O2/c1-8(14-2)10(13)12(7-3-6-11)9-4-5-9/h8-9H,3-5,7H2,1-2H3. The smallest absolute Gasteiger partial charge is 0.251 e. The summed E-state index contributed by atoms with van der Waals surface area (Å²) in [5, 5.41) is 8.48. The SMILES string of the molecule is COC(C)C(=O)N(CCC#N)C1CC1. The van der Waals surface area contributed by atoms with Gasteiger partial charge >= 0.3 is 0 Å². The lowest BCUT2D eigenvalue weighted by molar-refractivity contribution is -0.141. The number of amides is 1. The van der Waals surface area contributed by atoms with Crippen molar-refractivity contribution in [1.82, 2.24) is 4.90 Å². The molecule has 1 amide bonds. The van der Waals surface area contributed by atoms with Crippen LogP contribution in [0.3, 0.4) is 0 Å². The third kappa shape index (κ3) is 2.71. The molecule has 0 spiro atoms. The summed E-state index contributed by atoms with van der Waals surface area (Å²) in [6.07, 6.45) is 2.13. The molecule has 1 atom stereocenters. The van der Waals surface area contributed by atoms with E-state index >= 15 is 0 Å². The highest BCUT2D eigenvalue weighted by Gasteiger charge is 2.34. The largest absolute Gasteiger partial charge is 0.372 e. The van der Waals surface area contributed by atoms with Crippen molar-refractivity contribution in [2.45, 2.75) is 38.3 Å². The summed E-state index contributed by atoms with van der Waals surface area (Å²) in [6, 6.07) is 2.41. The number of methoxy groups -OCH3 is 1. The van der Waals surface area contributed by atoms with Gasteiger partial charge < -0.3 is 9.64 Å². The first-order valence-electron chi connectivity index (χ1n) is 4.91. The third-order valence-corrected chi connectivity index (χ3v) is 2.44. The summed E-state index contributed by atoms with van der Waals surface area (Å²) < 4.78 is 4.98. The maximum absolute atomic E-state index is 11.8. The van der Waals surface area contributed by atoms with Gasteiger partial charge in [0.15, 0.2) is 0 Å². The van der Waals surface area contributed by atoms with Gasteiger partial charge in [-0.15, -0.1) is 0 Å². The molecule has 0 aromatic heterocycles. The van der Waals surface area contributed by atoms with Crippen molar-refractivity contribution < 1.29 is 9.53 Å². The molecule has 1 saturated carbocycles. The van der Waals surface area contributed by atoms with Gasteiger partial charge in [-0.3, -0.25) is 4.79 Å². The highest BCUT2D eigenvalue weighted by molar-refractivity contribution is 5.81. The summed E-state index contributed by atoms with van der Waals surface area (Å²) in [5.74, 6) is 0.00486. The van der Waals surface area contributed by atoms with E-state index in [0.717, 1.165) is 12.8 Å². The Balaban J connectivity index is 2.49. The van der Waals surface area contributed by atoms with Crippen LogP contribution >= 0.6 is 0 Å². The van der Waals surface area contributed by atoms with Crippen LogP contribution in [0.2, 0.25) is 0 Å². The number of hydrogen-bond donors (Lipinski definition) is 0. The quantitative estimate of drug-likeness (QED) is 0.657. The lowest BCUT2D eigenvalue weighted by atomic mass is 10.3. The van der Waals surface area contributed by atoms with Gasteiger partial charge in [-0.2, -0.15) is 5.26 Å². The first-order chi connectivity index (χ1) is 6.70. The molecule has 0 aromatic rings. The van der Waals surface area contributed by atoms with Crippen molar-refractivity contribution in [2.75, 3.05) is 13.7 Å². The summed E-state index contributed by atoms with van der Waals surface area (Å²) in [7, 11) is 1.53. The second-order valence-electron chi connectivity index (χ2n) is 3.55. The van der Waals surface area contributed by atoms with Gasteiger partial charge in [0.05, 0.1) is 12.5 Å². The summed E-state index contributed by atoms with van der Waals surface area (Å²) >= 11 is 0. The Morgan fingerprint density at radius 1 is 1.71 bits per heavy atom. The Bertz CT molecular complexity index is 243. The fraction of sp³-hybridized carbons (Fsp3) is 0.800. The molecule has 78 valence electrons. The van der Waals surface area contributed by atoms with Crippen molar-refractivity contribution in [3.63, 3.8) is 0 Å². The summed E-state index contributed by atoms with van der Waals surface area (Å²) in [4.78, 5) is 13.5. The Morgan fingerprint density at radius 3 is 2.79 bits per heavy atom. The minimum atomic E-state index is -0.394. The van der Waals surface area contributed by atoms with Gasteiger partial charge in [0.1, 0.15) is 6.10 Å². The Hall–Kier alpha value is -1.08. The maximum atomic E-state index is 11.8. The predicted molar refractivity (Wildman–Crippen MR) is 51.4 cm³/mol. The monoisotopic (exact) mass is 196 g/mol. The molecule has 1 rings (SSSR count). The molecule has 1 unspecified atom stereocenters. The average molecular weight is 196 g/mol. The number of carbonyl (C=O) groups excluding carboxylic acids is 1. The number of nitriles is 1. The molecular weight excluding hydrogens is 180 g/mol. The molecule has 1 aliphatic rings. The topological polar surface area (TPSA) is 53.3 Å². The summed E-state index contributed by atoms with van der Waals surface area (Å²) in [6.45, 7) is 2.28. The van der Waals surface area contributed by atoms with Gasteiger partial charge in [-0.25, -0.2) is 0 Å². The molecule has 0 N–H and O–H groups in total. The van der Waals surface area contributed by atoms with E-state index in [1.54, 1.807) is 11.8 Å². The van der Waals surface area contributed by atoms with Crippen LogP contribution in [0.4, 0.5) is 0 Å². The van der Waals surface area contributed by atoms with Crippen LogP contribution in [0.1, 0.15) is 26.2 Å². The molecule has 0 aromatic carbocycles. The first-order valence-corrected chi connectivity index (χ1v) is 4.91. The number of nitrogens with zero attached hydrogens (tertiary/aromatic N) is 2. The average Bonchev–Trinajstić information content (AvgIpc) is 3.01. The Kier molecular flexibility index (Phi) is 3.90. The third-order valence-electron chi connectivity index (χ3n) is 2.44. The van der Waals surface area contributed by atoms with Crippen LogP contribution in [0.5, 0.6) is 0 Å². The van der Waals surface area contributed by atoms with Crippen LogP contribution < -0.4 is 0 Å². The zero-order valence-electron chi connectivity index (χ0n) is 8.69. The Labute approximate surface area is 84.4 Å². The molecule has 0 saturated heterocycles. The Morgan fingerprint density at radius 2 is 2.36 bits per heavy atom. The van der Waals surface area contributed by atoms with Gasteiger partial charge in [0.2, 0.25) is 0 Å². The van der Waals surface area contributed by atoms with Crippen LogP contribution in [0, 0.1) is 11.3 Å². The molecule has 0 radical (unpaired) electrons. The minimum absolute atomic E-state index is 0.00486. The molecule has 0 aliphatic heterocycles. The molecule has 14 heavy (non-hydrogen) atoms. The lowest BCUT2D eigenvalue weighted by Gasteiger charge is -2.23. The highest BCUT2D eigenvalue weighted by Crippen LogP contribution is 2.27.